The number of hydrogen-bond donors (Lipinski definition) is 2. The molecular weight excluding hydrogens is 434 g/mol. The van der Waals surface area contributed by atoms with Crippen LogP contribution < -0.4 is 9.47 Å². The van der Waals surface area contributed by atoms with Crippen molar-refractivity contribution in [2.45, 2.75) is 61.2 Å². The van der Waals surface area contributed by atoms with Crippen molar-refractivity contribution in [1.82, 2.24) is 4.90 Å². The average molecular weight is 468 g/mol. The lowest BCUT2D eigenvalue weighted by molar-refractivity contribution is -0.319. The Hall–Kier alpha value is -2.16. The molecule has 2 aromatic rings. The molecule has 2 N–H and O–H groups in total. The molecular formula is C27H33NO6. The summed E-state index contributed by atoms with van der Waals surface area (Å²) in [5, 5.41) is 22.2. The van der Waals surface area contributed by atoms with Gasteiger partial charge < -0.3 is 29.2 Å². The van der Waals surface area contributed by atoms with Crippen LogP contribution in [0.4, 0.5) is 0 Å². The van der Waals surface area contributed by atoms with Crippen molar-refractivity contribution < 1.29 is 29.2 Å². The Morgan fingerprint density at radius 3 is 2.59 bits per heavy atom. The van der Waals surface area contributed by atoms with Gasteiger partial charge in [0.25, 0.3) is 0 Å². The second-order valence-electron chi connectivity index (χ2n) is 10.0. The number of piperidine rings is 1. The van der Waals surface area contributed by atoms with E-state index >= 15 is 0 Å². The van der Waals surface area contributed by atoms with Gasteiger partial charge in [-0.1, -0.05) is 36.4 Å². The Labute approximate surface area is 200 Å². The van der Waals surface area contributed by atoms with Gasteiger partial charge in [-0.05, 0) is 43.0 Å². The third-order valence-electron chi connectivity index (χ3n) is 8.88. The third kappa shape index (κ3) is 2.76. The first-order valence-electron chi connectivity index (χ1n) is 12.2. The SMILES string of the molecule is COC1(OC)CC[C@@]2(O)[C@H]3Cc4ccc(OCc5ccccc5)c5c4[C@@]2(CCN3CCO)[C@H]1O5. The lowest BCUT2D eigenvalue weighted by atomic mass is 9.48. The van der Waals surface area contributed by atoms with Crippen LogP contribution in [0.5, 0.6) is 11.5 Å². The zero-order chi connectivity index (χ0) is 23.6. The standard InChI is InChI=1S/C27H33NO6/c1-31-27(32-2)11-10-26(30)21-16-19-8-9-20(33-17-18-6-4-3-5-7-18)23-22(19)25(26,24(27)34-23)12-13-28(21)14-15-29/h3-9,21,24,29-30H,10-17H2,1-2H3/t21-,24-,25+,26-/m1/s1. The molecule has 2 fully saturated rings. The normalized spacial score (nSPS) is 32.7. The first kappa shape index (κ1) is 22.3. The maximum atomic E-state index is 12.5. The van der Waals surface area contributed by atoms with Crippen molar-refractivity contribution in [3.05, 3.63) is 59.2 Å². The van der Waals surface area contributed by atoms with E-state index in [1.807, 2.05) is 36.4 Å². The minimum atomic E-state index is -1.01. The summed E-state index contributed by atoms with van der Waals surface area (Å²) in [6.07, 6.45) is 1.97. The highest BCUT2D eigenvalue weighted by molar-refractivity contribution is 5.63. The Bertz CT molecular complexity index is 1070. The van der Waals surface area contributed by atoms with E-state index in [1.165, 1.54) is 5.56 Å². The molecule has 4 atom stereocenters. The molecule has 34 heavy (non-hydrogen) atoms. The van der Waals surface area contributed by atoms with Crippen LogP contribution in [0.25, 0.3) is 0 Å². The minimum Gasteiger partial charge on any atom is -0.485 e. The van der Waals surface area contributed by atoms with Gasteiger partial charge in [-0.2, -0.15) is 0 Å². The Kier molecular flexibility index (Phi) is 5.21. The monoisotopic (exact) mass is 467 g/mol. The maximum absolute atomic E-state index is 12.5. The highest BCUT2D eigenvalue weighted by atomic mass is 16.7. The summed E-state index contributed by atoms with van der Waals surface area (Å²) in [6.45, 7) is 1.83. The fraction of sp³-hybridized carbons (Fsp3) is 0.556. The molecule has 7 nitrogen and oxygen atoms in total. The fourth-order valence-electron chi connectivity index (χ4n) is 7.32. The molecule has 0 amide bonds. The summed E-state index contributed by atoms with van der Waals surface area (Å²) in [5.41, 5.74) is 1.64. The van der Waals surface area contributed by atoms with Crippen molar-refractivity contribution in [3.63, 3.8) is 0 Å². The molecule has 2 bridgehead atoms. The number of hydrogen-bond acceptors (Lipinski definition) is 7. The summed E-state index contributed by atoms with van der Waals surface area (Å²) >= 11 is 0. The van der Waals surface area contributed by atoms with Gasteiger partial charge in [0.1, 0.15) is 6.61 Å². The molecule has 2 aliphatic heterocycles. The fourth-order valence-corrected chi connectivity index (χ4v) is 7.32. The molecule has 0 unspecified atom stereocenters. The van der Waals surface area contributed by atoms with Crippen LogP contribution in [-0.2, 0) is 27.9 Å². The van der Waals surface area contributed by atoms with E-state index in [4.69, 9.17) is 18.9 Å². The summed E-state index contributed by atoms with van der Waals surface area (Å²) in [5.74, 6) is 0.442. The van der Waals surface area contributed by atoms with Gasteiger partial charge in [0, 0.05) is 38.8 Å². The quantitative estimate of drug-likeness (QED) is 0.606. The van der Waals surface area contributed by atoms with Gasteiger partial charge in [-0.25, -0.2) is 0 Å². The smallest absolute Gasteiger partial charge is 0.206 e. The molecule has 0 radical (unpaired) electrons. The van der Waals surface area contributed by atoms with E-state index in [2.05, 4.69) is 11.0 Å². The predicted octanol–water partition coefficient (Wildman–Crippen LogP) is 2.40. The summed E-state index contributed by atoms with van der Waals surface area (Å²) < 4.78 is 25.1. The summed E-state index contributed by atoms with van der Waals surface area (Å²) in [6, 6.07) is 14.1. The number of methoxy groups -OCH3 is 2. The number of likely N-dealkylation sites (tertiary alicyclic amines) is 1. The average Bonchev–Trinajstić information content (AvgIpc) is 3.22. The van der Waals surface area contributed by atoms with Crippen LogP contribution in [0.3, 0.4) is 0 Å². The highest BCUT2D eigenvalue weighted by Crippen LogP contribution is 2.67. The van der Waals surface area contributed by atoms with Gasteiger partial charge in [0.05, 0.1) is 17.6 Å². The Morgan fingerprint density at radius 1 is 1.06 bits per heavy atom. The first-order valence-corrected chi connectivity index (χ1v) is 12.2. The van der Waals surface area contributed by atoms with Gasteiger partial charge in [-0.3, -0.25) is 4.90 Å². The number of aliphatic hydroxyl groups excluding tert-OH is 1. The van der Waals surface area contributed by atoms with Crippen molar-refractivity contribution >= 4 is 0 Å². The molecule has 2 aliphatic carbocycles. The van der Waals surface area contributed by atoms with Gasteiger partial charge in [0.2, 0.25) is 5.79 Å². The van der Waals surface area contributed by atoms with Gasteiger partial charge in [-0.15, -0.1) is 0 Å². The third-order valence-corrected chi connectivity index (χ3v) is 8.88. The number of aliphatic hydroxyl groups is 2. The zero-order valence-corrected chi connectivity index (χ0v) is 19.8. The number of rotatable bonds is 7. The lowest BCUT2D eigenvalue weighted by Gasteiger charge is -2.65. The van der Waals surface area contributed by atoms with Crippen LogP contribution >= 0.6 is 0 Å². The van der Waals surface area contributed by atoms with Crippen LogP contribution in [0, 0.1) is 0 Å². The summed E-state index contributed by atoms with van der Waals surface area (Å²) in [4.78, 5) is 2.25. The largest absolute Gasteiger partial charge is 0.485 e. The maximum Gasteiger partial charge on any atom is 0.206 e. The summed E-state index contributed by atoms with van der Waals surface area (Å²) in [7, 11) is 3.32. The first-order chi connectivity index (χ1) is 16.5. The topological polar surface area (TPSA) is 80.6 Å². The predicted molar refractivity (Wildman–Crippen MR) is 125 cm³/mol. The molecule has 2 heterocycles. The second kappa shape index (κ2) is 7.93. The molecule has 7 heteroatoms. The number of benzene rings is 2. The molecule has 182 valence electrons. The van der Waals surface area contributed by atoms with Crippen LogP contribution in [0.15, 0.2) is 42.5 Å². The lowest BCUT2D eigenvalue weighted by Crippen LogP contribution is -2.79. The minimum absolute atomic E-state index is 0.0734. The van der Waals surface area contributed by atoms with Crippen LogP contribution in [-0.4, -0.2) is 72.6 Å². The molecule has 4 aliphatic rings. The van der Waals surface area contributed by atoms with Crippen molar-refractivity contribution in [3.8, 4) is 11.5 Å². The van der Waals surface area contributed by atoms with Crippen LogP contribution in [0.2, 0.25) is 0 Å². The van der Waals surface area contributed by atoms with Crippen LogP contribution in [0.1, 0.15) is 36.0 Å². The van der Waals surface area contributed by atoms with E-state index in [-0.39, 0.29) is 12.6 Å². The van der Waals surface area contributed by atoms with E-state index < -0.39 is 22.9 Å². The Balaban J connectivity index is 1.49. The number of nitrogens with zero attached hydrogens (tertiary/aromatic N) is 1. The molecule has 1 saturated carbocycles. The van der Waals surface area contributed by atoms with Crippen molar-refractivity contribution in [2.24, 2.45) is 0 Å². The van der Waals surface area contributed by atoms with Crippen molar-refractivity contribution in [2.75, 3.05) is 33.9 Å². The molecule has 0 aromatic heterocycles. The zero-order valence-electron chi connectivity index (χ0n) is 19.8. The van der Waals surface area contributed by atoms with E-state index in [0.717, 1.165) is 17.7 Å². The molecule has 6 rings (SSSR count). The number of ether oxygens (including phenoxy) is 4. The van der Waals surface area contributed by atoms with E-state index in [0.29, 0.717) is 50.3 Å². The molecule has 2 aromatic carbocycles. The number of β-amino-alcohol motifs (C(OH)–C–C–N with tert-alkyl or cyclic N) is 1. The van der Waals surface area contributed by atoms with E-state index in [9.17, 15) is 10.2 Å². The highest BCUT2D eigenvalue weighted by Gasteiger charge is 2.76. The van der Waals surface area contributed by atoms with Crippen molar-refractivity contribution in [1.29, 1.82) is 0 Å². The molecule has 1 saturated heterocycles. The molecule has 1 spiro atoms. The Morgan fingerprint density at radius 2 is 1.85 bits per heavy atom. The van der Waals surface area contributed by atoms with Gasteiger partial charge >= 0.3 is 0 Å². The second-order valence-corrected chi connectivity index (χ2v) is 10.0. The van der Waals surface area contributed by atoms with Gasteiger partial charge in [0.15, 0.2) is 17.6 Å². The van der Waals surface area contributed by atoms with E-state index in [1.54, 1.807) is 14.2 Å².